The largest absolute Gasteiger partial charge is 0.493 e. The fourth-order valence-electron chi connectivity index (χ4n) is 2.14. The van der Waals surface area contributed by atoms with Gasteiger partial charge in [0.1, 0.15) is 5.75 Å². The van der Waals surface area contributed by atoms with Gasteiger partial charge in [-0.25, -0.2) is 0 Å². The van der Waals surface area contributed by atoms with E-state index in [4.69, 9.17) is 16.3 Å². The molecule has 0 spiro atoms. The van der Waals surface area contributed by atoms with Crippen LogP contribution in [0, 0.1) is 5.92 Å². The van der Waals surface area contributed by atoms with Crippen molar-refractivity contribution in [2.24, 2.45) is 5.92 Å². The van der Waals surface area contributed by atoms with Crippen molar-refractivity contribution in [1.29, 1.82) is 0 Å². The molecule has 82 valence electrons. The molecule has 0 heterocycles. The third-order valence-corrected chi connectivity index (χ3v) is 3.35. The molecule has 1 aromatic rings. The smallest absolute Gasteiger partial charge is 0.123 e. The van der Waals surface area contributed by atoms with Gasteiger partial charge in [0.2, 0.25) is 0 Å². The average Bonchev–Trinajstić information content (AvgIpc) is 2.79. The lowest BCUT2D eigenvalue weighted by Crippen LogP contribution is -2.08. The van der Waals surface area contributed by atoms with Crippen LogP contribution in [0.4, 0.5) is 0 Å². The van der Waals surface area contributed by atoms with Crippen LogP contribution in [0.1, 0.15) is 31.2 Å². The van der Waals surface area contributed by atoms with Gasteiger partial charge in [-0.05, 0) is 24.8 Å². The lowest BCUT2D eigenvalue weighted by atomic mass is 10.1. The molecule has 0 aliphatic heterocycles. The number of hydrogen-bond acceptors (Lipinski definition) is 1. The van der Waals surface area contributed by atoms with Gasteiger partial charge in [-0.3, -0.25) is 0 Å². The summed E-state index contributed by atoms with van der Waals surface area (Å²) in [6, 6.07) is 8.03. The monoisotopic (exact) mass is 224 g/mol. The van der Waals surface area contributed by atoms with Gasteiger partial charge in [-0.2, -0.15) is 0 Å². The Balaban J connectivity index is 1.91. The highest BCUT2D eigenvalue weighted by molar-refractivity contribution is 6.17. The van der Waals surface area contributed by atoms with E-state index in [2.05, 4.69) is 0 Å². The summed E-state index contributed by atoms with van der Waals surface area (Å²) in [6.07, 6.45) is 5.38. The molecule has 15 heavy (non-hydrogen) atoms. The zero-order valence-corrected chi connectivity index (χ0v) is 9.67. The minimum Gasteiger partial charge on any atom is -0.493 e. The Labute approximate surface area is 96.4 Å². The molecular weight excluding hydrogens is 208 g/mol. The molecule has 0 atom stereocenters. The molecule has 1 aromatic carbocycles. The van der Waals surface area contributed by atoms with Crippen LogP contribution < -0.4 is 4.74 Å². The predicted molar refractivity (Wildman–Crippen MR) is 63.5 cm³/mol. The van der Waals surface area contributed by atoms with E-state index < -0.39 is 0 Å². The average molecular weight is 225 g/mol. The van der Waals surface area contributed by atoms with Crippen molar-refractivity contribution in [2.75, 3.05) is 6.61 Å². The molecule has 0 saturated heterocycles. The maximum atomic E-state index is 5.85. The van der Waals surface area contributed by atoms with E-state index in [1.165, 1.54) is 25.7 Å². The van der Waals surface area contributed by atoms with Gasteiger partial charge in [0.05, 0.1) is 12.5 Å². The maximum Gasteiger partial charge on any atom is 0.123 e. The molecule has 0 radical (unpaired) electrons. The maximum absolute atomic E-state index is 5.85. The molecule has 2 heteroatoms. The normalized spacial score (nSPS) is 16.9. The summed E-state index contributed by atoms with van der Waals surface area (Å²) in [7, 11) is 0. The van der Waals surface area contributed by atoms with Gasteiger partial charge in [-0.1, -0.05) is 31.0 Å². The summed E-state index contributed by atoms with van der Waals surface area (Å²) < 4.78 is 5.83. The van der Waals surface area contributed by atoms with E-state index >= 15 is 0 Å². The number of rotatable bonds is 4. The number of hydrogen-bond donors (Lipinski definition) is 0. The first-order chi connectivity index (χ1) is 7.40. The van der Waals surface area contributed by atoms with Gasteiger partial charge in [0.15, 0.2) is 0 Å². The minimum absolute atomic E-state index is 0.529. The van der Waals surface area contributed by atoms with E-state index in [1.807, 2.05) is 24.3 Å². The van der Waals surface area contributed by atoms with Crippen molar-refractivity contribution < 1.29 is 4.74 Å². The molecule has 0 unspecified atom stereocenters. The van der Waals surface area contributed by atoms with Gasteiger partial charge in [-0.15, -0.1) is 11.6 Å². The van der Waals surface area contributed by atoms with Crippen LogP contribution in [0.15, 0.2) is 24.3 Å². The Bertz CT molecular complexity index is 305. The van der Waals surface area contributed by atoms with E-state index in [0.717, 1.165) is 23.8 Å². The Kier molecular flexibility index (Phi) is 3.90. The number of ether oxygens (including phenoxy) is 1. The SMILES string of the molecule is ClCc1ccccc1OCC1CCCC1. The molecule has 0 amide bonds. The molecule has 1 aliphatic carbocycles. The van der Waals surface area contributed by atoms with Crippen LogP contribution in [0.2, 0.25) is 0 Å². The van der Waals surface area contributed by atoms with Gasteiger partial charge in [0.25, 0.3) is 0 Å². The lowest BCUT2D eigenvalue weighted by Gasteiger charge is -2.13. The van der Waals surface area contributed by atoms with Crippen molar-refractivity contribution in [1.82, 2.24) is 0 Å². The van der Waals surface area contributed by atoms with Crippen LogP contribution in [-0.4, -0.2) is 6.61 Å². The second-order valence-corrected chi connectivity index (χ2v) is 4.47. The summed E-state index contributed by atoms with van der Waals surface area (Å²) in [5.74, 6) is 2.24. The molecule has 1 saturated carbocycles. The molecule has 0 aromatic heterocycles. The van der Waals surface area contributed by atoms with Crippen molar-refractivity contribution in [3.63, 3.8) is 0 Å². The number of para-hydroxylation sites is 1. The molecule has 1 nitrogen and oxygen atoms in total. The van der Waals surface area contributed by atoms with Crippen LogP contribution in [0.3, 0.4) is 0 Å². The Morgan fingerprint density at radius 2 is 1.93 bits per heavy atom. The van der Waals surface area contributed by atoms with Gasteiger partial charge < -0.3 is 4.74 Å². The molecule has 0 N–H and O–H groups in total. The highest BCUT2D eigenvalue weighted by Gasteiger charge is 2.15. The zero-order chi connectivity index (χ0) is 10.5. The second kappa shape index (κ2) is 5.41. The van der Waals surface area contributed by atoms with Crippen molar-refractivity contribution in [2.45, 2.75) is 31.6 Å². The first kappa shape index (κ1) is 10.8. The van der Waals surface area contributed by atoms with Crippen LogP contribution in [0.5, 0.6) is 5.75 Å². The molecule has 0 bridgehead atoms. The topological polar surface area (TPSA) is 9.23 Å². The fourth-order valence-corrected chi connectivity index (χ4v) is 2.36. The highest BCUT2D eigenvalue weighted by atomic mass is 35.5. The Morgan fingerprint density at radius 3 is 2.67 bits per heavy atom. The Hall–Kier alpha value is -0.690. The van der Waals surface area contributed by atoms with E-state index in [1.54, 1.807) is 0 Å². The van der Waals surface area contributed by atoms with Gasteiger partial charge >= 0.3 is 0 Å². The third-order valence-electron chi connectivity index (χ3n) is 3.07. The number of halogens is 1. The number of alkyl halides is 1. The van der Waals surface area contributed by atoms with Crippen molar-refractivity contribution >= 4 is 11.6 Å². The van der Waals surface area contributed by atoms with E-state index in [-0.39, 0.29) is 0 Å². The van der Waals surface area contributed by atoms with Crippen LogP contribution in [0.25, 0.3) is 0 Å². The standard InChI is InChI=1S/C13H17ClO/c14-9-12-7-3-4-8-13(12)15-10-11-5-1-2-6-11/h3-4,7-8,11H,1-2,5-6,9-10H2. The quantitative estimate of drug-likeness (QED) is 0.703. The van der Waals surface area contributed by atoms with Crippen LogP contribution in [-0.2, 0) is 5.88 Å². The second-order valence-electron chi connectivity index (χ2n) is 4.20. The zero-order valence-electron chi connectivity index (χ0n) is 8.92. The first-order valence-corrected chi connectivity index (χ1v) is 6.20. The summed E-state index contributed by atoms with van der Waals surface area (Å²) in [5, 5.41) is 0. The number of benzene rings is 1. The Morgan fingerprint density at radius 1 is 1.20 bits per heavy atom. The highest BCUT2D eigenvalue weighted by Crippen LogP contribution is 2.27. The summed E-state index contributed by atoms with van der Waals surface area (Å²) >= 11 is 5.85. The van der Waals surface area contributed by atoms with Gasteiger partial charge in [0, 0.05) is 5.56 Å². The molecular formula is C13H17ClO. The molecule has 1 aliphatic rings. The summed E-state index contributed by atoms with van der Waals surface area (Å²) in [6.45, 7) is 0.855. The summed E-state index contributed by atoms with van der Waals surface area (Å²) in [4.78, 5) is 0. The van der Waals surface area contributed by atoms with Crippen LogP contribution >= 0.6 is 11.6 Å². The molecule has 2 rings (SSSR count). The van der Waals surface area contributed by atoms with E-state index in [0.29, 0.717) is 5.88 Å². The third kappa shape index (κ3) is 2.88. The van der Waals surface area contributed by atoms with Crippen molar-refractivity contribution in [3.8, 4) is 5.75 Å². The minimum atomic E-state index is 0.529. The fraction of sp³-hybridized carbons (Fsp3) is 0.538. The predicted octanol–water partition coefficient (Wildman–Crippen LogP) is 3.99. The summed E-state index contributed by atoms with van der Waals surface area (Å²) in [5.41, 5.74) is 1.09. The van der Waals surface area contributed by atoms with E-state index in [9.17, 15) is 0 Å². The van der Waals surface area contributed by atoms with Crippen molar-refractivity contribution in [3.05, 3.63) is 29.8 Å². The first-order valence-electron chi connectivity index (χ1n) is 5.67. The molecule has 1 fully saturated rings. The lowest BCUT2D eigenvalue weighted by molar-refractivity contribution is 0.250.